The highest BCUT2D eigenvalue weighted by Crippen LogP contribution is 2.58. The van der Waals surface area contributed by atoms with Crippen LogP contribution in [0.5, 0.6) is 0 Å². The van der Waals surface area contributed by atoms with Crippen molar-refractivity contribution in [1.29, 1.82) is 0 Å². The third kappa shape index (κ3) is 2.50. The Hall–Kier alpha value is -1.01. The van der Waals surface area contributed by atoms with Crippen molar-refractivity contribution >= 4 is 12.6 Å². The normalized spacial score (nSPS) is 24.8. The fourth-order valence-electron chi connectivity index (χ4n) is 3.07. The summed E-state index contributed by atoms with van der Waals surface area (Å²) in [5, 5.41) is 0. The summed E-state index contributed by atoms with van der Waals surface area (Å²) < 4.78 is 51.8. The molecule has 126 valence electrons. The summed E-state index contributed by atoms with van der Waals surface area (Å²) in [6.45, 7) is 9.65. The molecular weight excluding hydrogens is 304 g/mol. The number of hydrogen-bond donors (Lipinski definition) is 0. The predicted octanol–water partition coefficient (Wildman–Crippen LogP) is 3.89. The first-order chi connectivity index (χ1) is 10.4. The van der Waals surface area contributed by atoms with Crippen LogP contribution in [0.2, 0.25) is 0 Å². The molecule has 0 amide bonds. The molecule has 0 N–H and O–H groups in total. The molecule has 0 spiro atoms. The molecule has 2 nitrogen and oxygen atoms in total. The second kappa shape index (κ2) is 4.76. The zero-order valence-corrected chi connectivity index (χ0v) is 14.2. The molecule has 1 aromatic rings. The van der Waals surface area contributed by atoms with Crippen LogP contribution in [-0.2, 0) is 14.7 Å². The standard InChI is InChI=1S/C17H22BF3O2/c1-11-10-12(16(8-9-16)17(19,20)21)6-7-13(11)18-22-14(2,3)15(4,5)23-18/h6-7,10H,8-9H2,1-5H3. The number of benzene rings is 1. The molecule has 6 heteroatoms. The minimum atomic E-state index is -4.19. The molecular formula is C17H22BF3O2. The van der Waals surface area contributed by atoms with Crippen molar-refractivity contribution in [3.8, 4) is 0 Å². The molecule has 2 fully saturated rings. The van der Waals surface area contributed by atoms with Crippen molar-refractivity contribution in [3.05, 3.63) is 29.3 Å². The lowest BCUT2D eigenvalue weighted by atomic mass is 9.75. The van der Waals surface area contributed by atoms with Crippen LogP contribution in [0, 0.1) is 6.92 Å². The number of aryl methyl sites for hydroxylation is 1. The average Bonchev–Trinajstić information content (AvgIpc) is 3.13. The van der Waals surface area contributed by atoms with E-state index in [0.717, 1.165) is 11.0 Å². The van der Waals surface area contributed by atoms with Crippen LogP contribution in [0.1, 0.15) is 51.7 Å². The average molecular weight is 326 g/mol. The van der Waals surface area contributed by atoms with Gasteiger partial charge in [0, 0.05) is 0 Å². The van der Waals surface area contributed by atoms with Crippen molar-refractivity contribution in [1.82, 2.24) is 0 Å². The largest absolute Gasteiger partial charge is 0.495 e. The van der Waals surface area contributed by atoms with Gasteiger partial charge in [-0.2, -0.15) is 13.2 Å². The minimum Gasteiger partial charge on any atom is -0.399 e. The van der Waals surface area contributed by atoms with E-state index in [9.17, 15) is 13.2 Å². The van der Waals surface area contributed by atoms with Crippen molar-refractivity contribution < 1.29 is 22.5 Å². The van der Waals surface area contributed by atoms with E-state index in [4.69, 9.17) is 9.31 Å². The molecule has 2 aliphatic rings. The maximum atomic E-state index is 13.3. The van der Waals surface area contributed by atoms with Crippen molar-refractivity contribution in [2.45, 2.75) is 70.3 Å². The molecule has 1 aliphatic heterocycles. The van der Waals surface area contributed by atoms with Crippen LogP contribution >= 0.6 is 0 Å². The van der Waals surface area contributed by atoms with Crippen LogP contribution in [0.4, 0.5) is 13.2 Å². The Balaban J connectivity index is 1.91. The molecule has 1 saturated carbocycles. The zero-order chi connectivity index (χ0) is 17.3. The smallest absolute Gasteiger partial charge is 0.399 e. The van der Waals surface area contributed by atoms with Crippen molar-refractivity contribution in [2.75, 3.05) is 0 Å². The van der Waals surface area contributed by atoms with Crippen LogP contribution < -0.4 is 5.46 Å². The lowest BCUT2D eigenvalue weighted by Gasteiger charge is -2.32. The Bertz CT molecular complexity index is 617. The van der Waals surface area contributed by atoms with Gasteiger partial charge in [0.1, 0.15) is 0 Å². The molecule has 1 aliphatic carbocycles. The fourth-order valence-corrected chi connectivity index (χ4v) is 3.07. The topological polar surface area (TPSA) is 18.5 Å². The van der Waals surface area contributed by atoms with E-state index in [1.807, 2.05) is 34.6 Å². The van der Waals surface area contributed by atoms with Gasteiger partial charge < -0.3 is 9.31 Å². The highest BCUT2D eigenvalue weighted by atomic mass is 19.4. The van der Waals surface area contributed by atoms with Crippen LogP contribution in [0.3, 0.4) is 0 Å². The Morgan fingerprint density at radius 3 is 1.91 bits per heavy atom. The summed E-state index contributed by atoms with van der Waals surface area (Å²) >= 11 is 0. The Kier molecular flexibility index (Phi) is 3.48. The number of alkyl halides is 3. The predicted molar refractivity (Wildman–Crippen MR) is 83.9 cm³/mol. The molecule has 1 saturated heterocycles. The maximum absolute atomic E-state index is 13.3. The second-order valence-corrected chi connectivity index (χ2v) is 7.74. The van der Waals surface area contributed by atoms with E-state index in [-0.39, 0.29) is 12.8 Å². The van der Waals surface area contributed by atoms with Crippen LogP contribution in [0.25, 0.3) is 0 Å². The third-order valence-electron chi connectivity index (χ3n) is 5.62. The highest BCUT2D eigenvalue weighted by molar-refractivity contribution is 6.62. The van der Waals surface area contributed by atoms with E-state index >= 15 is 0 Å². The van der Waals surface area contributed by atoms with Gasteiger partial charge in [0.25, 0.3) is 0 Å². The lowest BCUT2D eigenvalue weighted by molar-refractivity contribution is -0.160. The molecule has 23 heavy (non-hydrogen) atoms. The summed E-state index contributed by atoms with van der Waals surface area (Å²) in [5.41, 5.74) is -0.657. The van der Waals surface area contributed by atoms with E-state index in [1.54, 1.807) is 18.2 Å². The second-order valence-electron chi connectivity index (χ2n) is 7.74. The lowest BCUT2D eigenvalue weighted by Crippen LogP contribution is -2.41. The molecule has 0 atom stereocenters. The van der Waals surface area contributed by atoms with Crippen molar-refractivity contribution in [3.63, 3.8) is 0 Å². The number of halogens is 3. The van der Waals surface area contributed by atoms with Gasteiger partial charge in [-0.05, 0) is 58.5 Å². The summed E-state index contributed by atoms with van der Waals surface area (Å²) in [5.74, 6) is 0. The highest BCUT2D eigenvalue weighted by Gasteiger charge is 2.64. The van der Waals surface area contributed by atoms with Crippen LogP contribution in [0.15, 0.2) is 18.2 Å². The first kappa shape index (κ1) is 16.8. The van der Waals surface area contributed by atoms with E-state index < -0.39 is 29.9 Å². The van der Waals surface area contributed by atoms with E-state index in [0.29, 0.717) is 5.56 Å². The van der Waals surface area contributed by atoms with Gasteiger partial charge in [-0.3, -0.25) is 0 Å². The van der Waals surface area contributed by atoms with E-state index in [1.165, 1.54) is 0 Å². The zero-order valence-electron chi connectivity index (χ0n) is 14.2. The molecule has 0 unspecified atom stereocenters. The van der Waals surface area contributed by atoms with Gasteiger partial charge in [-0.25, -0.2) is 0 Å². The fraction of sp³-hybridized carbons (Fsp3) is 0.647. The quantitative estimate of drug-likeness (QED) is 0.768. The Morgan fingerprint density at radius 1 is 1.00 bits per heavy atom. The maximum Gasteiger partial charge on any atom is 0.495 e. The molecule has 1 aromatic carbocycles. The molecule has 0 bridgehead atoms. The third-order valence-corrected chi connectivity index (χ3v) is 5.62. The van der Waals surface area contributed by atoms with Crippen LogP contribution in [-0.4, -0.2) is 24.5 Å². The minimum absolute atomic E-state index is 0.172. The molecule has 0 aromatic heterocycles. The molecule has 3 rings (SSSR count). The first-order valence-electron chi connectivity index (χ1n) is 7.93. The molecule has 0 radical (unpaired) electrons. The van der Waals surface area contributed by atoms with Gasteiger partial charge in [0.05, 0.1) is 16.6 Å². The monoisotopic (exact) mass is 326 g/mol. The van der Waals surface area contributed by atoms with Gasteiger partial charge in [0.2, 0.25) is 0 Å². The Labute approximate surface area is 135 Å². The first-order valence-corrected chi connectivity index (χ1v) is 7.93. The number of hydrogen-bond acceptors (Lipinski definition) is 2. The SMILES string of the molecule is Cc1cc(C2(C(F)(F)F)CC2)ccc1B1OC(C)(C)C(C)(C)O1. The van der Waals surface area contributed by atoms with Gasteiger partial charge in [-0.15, -0.1) is 0 Å². The van der Waals surface area contributed by atoms with Crippen molar-refractivity contribution in [2.24, 2.45) is 0 Å². The van der Waals surface area contributed by atoms with Gasteiger partial charge in [-0.1, -0.05) is 23.8 Å². The molecule has 1 heterocycles. The number of rotatable bonds is 2. The van der Waals surface area contributed by atoms with Gasteiger partial charge in [0.15, 0.2) is 0 Å². The summed E-state index contributed by atoms with van der Waals surface area (Å²) in [4.78, 5) is 0. The van der Waals surface area contributed by atoms with Gasteiger partial charge >= 0.3 is 13.3 Å². The Morgan fingerprint density at radius 2 is 1.52 bits per heavy atom. The summed E-state index contributed by atoms with van der Waals surface area (Å²) in [7, 11) is -0.546. The summed E-state index contributed by atoms with van der Waals surface area (Å²) in [6.07, 6.45) is -3.84. The van der Waals surface area contributed by atoms with E-state index in [2.05, 4.69) is 0 Å². The summed E-state index contributed by atoms with van der Waals surface area (Å²) in [6, 6.07) is 4.94.